The van der Waals surface area contributed by atoms with Crippen LogP contribution in [-0.2, 0) is 19.1 Å². The summed E-state index contributed by atoms with van der Waals surface area (Å²) < 4.78 is 9.86. The first-order chi connectivity index (χ1) is 14.9. The lowest BCUT2D eigenvalue weighted by Gasteiger charge is -2.19. The number of anilines is 2. The van der Waals surface area contributed by atoms with E-state index in [4.69, 9.17) is 9.26 Å². The highest BCUT2D eigenvalue weighted by atomic mass is 16.5. The number of esters is 1. The summed E-state index contributed by atoms with van der Waals surface area (Å²) in [6.07, 6.45) is 3.02. The number of rotatable bonds is 5. The van der Waals surface area contributed by atoms with E-state index in [9.17, 15) is 19.2 Å². The number of carbonyl (C=O) groups excluding carboxylic acids is 4. The van der Waals surface area contributed by atoms with Gasteiger partial charge in [0.1, 0.15) is 5.76 Å². The smallest absolute Gasteiger partial charge is 0.338 e. The minimum atomic E-state index is -0.688. The van der Waals surface area contributed by atoms with Crippen molar-refractivity contribution in [2.45, 2.75) is 26.2 Å². The van der Waals surface area contributed by atoms with E-state index in [1.54, 1.807) is 25.1 Å². The Labute approximate surface area is 177 Å². The number of nitrogens with zero attached hydrogens (tertiary/aromatic N) is 2. The molecular weight excluding hydrogens is 402 g/mol. The van der Waals surface area contributed by atoms with Gasteiger partial charge in [-0.15, -0.1) is 0 Å². The van der Waals surface area contributed by atoms with Gasteiger partial charge >= 0.3 is 5.97 Å². The summed E-state index contributed by atoms with van der Waals surface area (Å²) in [7, 11) is 0. The van der Waals surface area contributed by atoms with Crippen LogP contribution in [0.15, 0.2) is 34.9 Å². The van der Waals surface area contributed by atoms with Crippen LogP contribution >= 0.6 is 0 Å². The number of hydrogen-bond donors (Lipinski definition) is 1. The molecule has 3 aliphatic rings. The lowest BCUT2D eigenvalue weighted by molar-refractivity contribution is -0.123. The van der Waals surface area contributed by atoms with Crippen molar-refractivity contribution in [3.63, 3.8) is 0 Å². The maximum Gasteiger partial charge on any atom is 0.338 e. The first-order valence-corrected chi connectivity index (χ1v) is 10.3. The summed E-state index contributed by atoms with van der Waals surface area (Å²) in [5.74, 6) is -0.462. The topological polar surface area (TPSA) is 119 Å². The maximum absolute atomic E-state index is 12.9. The summed E-state index contributed by atoms with van der Waals surface area (Å²) in [5.41, 5.74) is 0.674. The number of imide groups is 1. The van der Waals surface area contributed by atoms with E-state index in [0.29, 0.717) is 23.3 Å². The number of amides is 3. The molecule has 2 heterocycles. The van der Waals surface area contributed by atoms with Crippen molar-refractivity contribution in [3.8, 4) is 0 Å². The maximum atomic E-state index is 12.9. The first-order valence-electron chi connectivity index (χ1n) is 10.3. The van der Waals surface area contributed by atoms with Gasteiger partial charge in [-0.2, -0.15) is 0 Å². The molecule has 2 saturated carbocycles. The molecule has 9 heteroatoms. The largest absolute Gasteiger partial charge is 0.452 e. The molecule has 3 amide bonds. The Morgan fingerprint density at radius 1 is 1.13 bits per heavy atom. The SMILES string of the molecule is Cc1cc(NC(=O)COC(=O)c2ccc(N3C(=O)C4C5CCC(C5)C4C3=O)cc2)no1. The second kappa shape index (κ2) is 7.33. The van der Waals surface area contributed by atoms with Gasteiger partial charge in [0.15, 0.2) is 12.4 Å². The predicted octanol–water partition coefficient (Wildman–Crippen LogP) is 2.31. The Kier molecular flexibility index (Phi) is 4.60. The summed E-state index contributed by atoms with van der Waals surface area (Å²) in [4.78, 5) is 51.1. The number of aryl methyl sites for hydroxylation is 1. The summed E-state index contributed by atoms with van der Waals surface area (Å²) >= 11 is 0. The van der Waals surface area contributed by atoms with Crippen LogP contribution in [0.1, 0.15) is 35.4 Å². The number of fused-ring (bicyclic) bond motifs is 5. The zero-order valence-electron chi connectivity index (χ0n) is 16.9. The summed E-state index contributed by atoms with van der Waals surface area (Å²) in [6.45, 7) is 1.20. The Morgan fingerprint density at radius 3 is 2.35 bits per heavy atom. The van der Waals surface area contributed by atoms with E-state index in [2.05, 4.69) is 10.5 Å². The van der Waals surface area contributed by atoms with Gasteiger partial charge in [-0.05, 0) is 62.3 Å². The molecule has 1 aromatic carbocycles. The highest BCUT2D eigenvalue weighted by molar-refractivity contribution is 6.22. The fourth-order valence-corrected chi connectivity index (χ4v) is 5.23. The lowest BCUT2D eigenvalue weighted by atomic mass is 9.81. The summed E-state index contributed by atoms with van der Waals surface area (Å²) in [6, 6.07) is 7.64. The number of carbonyl (C=O) groups is 4. The zero-order chi connectivity index (χ0) is 21.7. The molecule has 0 radical (unpaired) electrons. The van der Waals surface area contributed by atoms with Crippen LogP contribution in [0.25, 0.3) is 0 Å². The average molecular weight is 423 g/mol. The van der Waals surface area contributed by atoms with E-state index in [1.807, 2.05) is 0 Å². The highest BCUT2D eigenvalue weighted by Crippen LogP contribution is 2.56. The van der Waals surface area contributed by atoms with Crippen LogP contribution in [-0.4, -0.2) is 35.5 Å². The van der Waals surface area contributed by atoms with E-state index in [-0.39, 0.29) is 35.0 Å². The molecule has 2 aliphatic carbocycles. The molecule has 1 N–H and O–H groups in total. The molecule has 2 aromatic rings. The van der Waals surface area contributed by atoms with Crippen molar-refractivity contribution in [1.82, 2.24) is 5.16 Å². The van der Waals surface area contributed by atoms with Crippen LogP contribution < -0.4 is 10.2 Å². The Hall–Kier alpha value is -3.49. The highest BCUT2D eigenvalue weighted by Gasteiger charge is 2.61. The Morgan fingerprint density at radius 2 is 1.77 bits per heavy atom. The molecule has 0 spiro atoms. The number of aromatic nitrogens is 1. The molecule has 9 nitrogen and oxygen atoms in total. The van der Waals surface area contributed by atoms with Gasteiger partial charge in [-0.1, -0.05) is 5.16 Å². The minimum absolute atomic E-state index is 0.128. The molecule has 1 saturated heterocycles. The molecular formula is C22H21N3O6. The molecule has 31 heavy (non-hydrogen) atoms. The molecule has 3 fully saturated rings. The van der Waals surface area contributed by atoms with Gasteiger partial charge in [0.25, 0.3) is 5.91 Å². The normalized spacial score (nSPS) is 26.3. The third kappa shape index (κ3) is 3.30. The second-order valence-corrected chi connectivity index (χ2v) is 8.39. The predicted molar refractivity (Wildman–Crippen MR) is 107 cm³/mol. The number of benzene rings is 1. The monoisotopic (exact) mass is 423 g/mol. The fraction of sp³-hybridized carbons (Fsp3) is 0.409. The van der Waals surface area contributed by atoms with Gasteiger partial charge in [0.2, 0.25) is 11.8 Å². The van der Waals surface area contributed by atoms with Gasteiger partial charge in [0.05, 0.1) is 23.1 Å². The van der Waals surface area contributed by atoms with Crippen molar-refractivity contribution >= 4 is 35.2 Å². The van der Waals surface area contributed by atoms with Gasteiger partial charge in [-0.3, -0.25) is 19.3 Å². The molecule has 160 valence electrons. The van der Waals surface area contributed by atoms with Gasteiger partial charge < -0.3 is 14.6 Å². The van der Waals surface area contributed by atoms with Gasteiger partial charge in [-0.25, -0.2) is 4.79 Å². The Bertz CT molecular complexity index is 1050. The van der Waals surface area contributed by atoms with E-state index in [1.165, 1.54) is 17.0 Å². The molecule has 5 rings (SSSR count). The van der Waals surface area contributed by atoms with Crippen molar-refractivity contribution in [2.24, 2.45) is 23.7 Å². The number of ether oxygens (including phenoxy) is 1. The Balaban J connectivity index is 1.21. The molecule has 1 aliphatic heterocycles. The van der Waals surface area contributed by atoms with E-state index >= 15 is 0 Å². The van der Waals surface area contributed by atoms with Crippen molar-refractivity contribution < 1.29 is 28.4 Å². The van der Waals surface area contributed by atoms with Crippen LogP contribution in [0.3, 0.4) is 0 Å². The van der Waals surface area contributed by atoms with Crippen LogP contribution in [0.2, 0.25) is 0 Å². The van der Waals surface area contributed by atoms with Crippen molar-refractivity contribution in [2.75, 3.05) is 16.8 Å². The minimum Gasteiger partial charge on any atom is -0.452 e. The van der Waals surface area contributed by atoms with Crippen LogP contribution in [0, 0.1) is 30.6 Å². The standard InChI is InChI=1S/C22H21N3O6/c1-11-8-16(24-31-11)23-17(26)10-30-22(29)12-4-6-15(7-5-12)25-20(27)18-13-2-3-14(9-13)19(18)21(25)28/h4-8,13-14,18-19H,2-3,9-10H2,1H3,(H,23,24,26). The van der Waals surface area contributed by atoms with Crippen molar-refractivity contribution in [1.29, 1.82) is 0 Å². The number of hydrogen-bond acceptors (Lipinski definition) is 7. The second-order valence-electron chi connectivity index (χ2n) is 8.39. The molecule has 4 atom stereocenters. The molecule has 1 aromatic heterocycles. The van der Waals surface area contributed by atoms with Crippen LogP contribution in [0.4, 0.5) is 11.5 Å². The first kappa shape index (κ1) is 19.5. The average Bonchev–Trinajstić information content (AvgIpc) is 3.52. The number of nitrogens with one attached hydrogen (secondary N) is 1. The molecule has 2 bridgehead atoms. The van der Waals surface area contributed by atoms with E-state index in [0.717, 1.165) is 19.3 Å². The quantitative estimate of drug-likeness (QED) is 0.579. The van der Waals surface area contributed by atoms with E-state index < -0.39 is 18.5 Å². The summed E-state index contributed by atoms with van der Waals surface area (Å²) in [5, 5.41) is 6.08. The fourth-order valence-electron chi connectivity index (χ4n) is 5.23. The molecule has 4 unspecified atom stereocenters. The zero-order valence-corrected chi connectivity index (χ0v) is 16.9. The van der Waals surface area contributed by atoms with Crippen molar-refractivity contribution in [3.05, 3.63) is 41.7 Å². The lowest BCUT2D eigenvalue weighted by Crippen LogP contribution is -2.32. The third-order valence-corrected chi connectivity index (χ3v) is 6.52. The van der Waals surface area contributed by atoms with Gasteiger partial charge in [0, 0.05) is 6.07 Å². The van der Waals surface area contributed by atoms with Crippen LogP contribution in [0.5, 0.6) is 0 Å². The third-order valence-electron chi connectivity index (χ3n) is 6.52.